The molecule has 2 nitrogen and oxygen atoms in total. The van der Waals surface area contributed by atoms with Crippen molar-refractivity contribution in [1.29, 1.82) is 0 Å². The van der Waals surface area contributed by atoms with Crippen molar-refractivity contribution in [3.63, 3.8) is 0 Å². The number of rotatable bonds is 5. The molecule has 1 fully saturated rings. The Morgan fingerprint density at radius 1 is 1.47 bits per heavy atom. The summed E-state index contributed by atoms with van der Waals surface area (Å²) in [5, 5.41) is 4.59. The summed E-state index contributed by atoms with van der Waals surface area (Å²) in [4.78, 5) is 0. The predicted molar refractivity (Wildman–Crippen MR) is 68.6 cm³/mol. The molecule has 1 aliphatic rings. The minimum Gasteiger partial charge on any atom is -0.371 e. The highest BCUT2D eigenvalue weighted by molar-refractivity contribution is 9.09. The lowest BCUT2D eigenvalue weighted by molar-refractivity contribution is -0.0153. The molecule has 0 spiro atoms. The van der Waals surface area contributed by atoms with E-state index in [2.05, 4.69) is 48.9 Å². The van der Waals surface area contributed by atoms with Crippen molar-refractivity contribution in [3.05, 3.63) is 0 Å². The van der Waals surface area contributed by atoms with Crippen LogP contribution in [0, 0.1) is 5.92 Å². The van der Waals surface area contributed by atoms with Gasteiger partial charge in [-0.1, -0.05) is 29.8 Å². The Bertz CT molecular complexity index is 194. The van der Waals surface area contributed by atoms with E-state index in [-0.39, 0.29) is 5.60 Å². The highest BCUT2D eigenvalue weighted by atomic mass is 79.9. The third-order valence-electron chi connectivity index (χ3n) is 3.13. The maximum Gasteiger partial charge on any atom is 0.0707 e. The van der Waals surface area contributed by atoms with Gasteiger partial charge in [0, 0.05) is 17.9 Å². The Balaban J connectivity index is 2.26. The van der Waals surface area contributed by atoms with E-state index in [1.807, 2.05) is 0 Å². The molecule has 15 heavy (non-hydrogen) atoms. The molecule has 0 bridgehead atoms. The lowest BCUT2D eigenvalue weighted by atomic mass is 10.0. The standard InChI is InChI=1S/C12H24BrNO/c1-9(2)11(7-13)14-8-10-5-6-12(3,4)15-10/h9-11,14H,5-8H2,1-4H3. The number of nitrogens with one attached hydrogen (secondary N) is 1. The van der Waals surface area contributed by atoms with Gasteiger partial charge in [-0.2, -0.15) is 0 Å². The fraction of sp³-hybridized carbons (Fsp3) is 1.00. The largest absolute Gasteiger partial charge is 0.371 e. The zero-order valence-corrected chi connectivity index (χ0v) is 11.9. The van der Waals surface area contributed by atoms with Gasteiger partial charge in [0.25, 0.3) is 0 Å². The first-order valence-electron chi connectivity index (χ1n) is 5.92. The van der Waals surface area contributed by atoms with Crippen molar-refractivity contribution in [1.82, 2.24) is 5.32 Å². The third kappa shape index (κ3) is 4.41. The van der Waals surface area contributed by atoms with Crippen LogP contribution < -0.4 is 5.32 Å². The van der Waals surface area contributed by atoms with Gasteiger partial charge in [-0.05, 0) is 32.6 Å². The van der Waals surface area contributed by atoms with Crippen LogP contribution in [-0.4, -0.2) is 29.6 Å². The van der Waals surface area contributed by atoms with Crippen LogP contribution in [-0.2, 0) is 4.74 Å². The average molecular weight is 278 g/mol. The van der Waals surface area contributed by atoms with E-state index in [0.29, 0.717) is 18.1 Å². The summed E-state index contributed by atoms with van der Waals surface area (Å²) in [6, 6.07) is 0.553. The van der Waals surface area contributed by atoms with Gasteiger partial charge < -0.3 is 10.1 Å². The van der Waals surface area contributed by atoms with Crippen molar-refractivity contribution in [2.75, 3.05) is 11.9 Å². The van der Waals surface area contributed by atoms with Crippen molar-refractivity contribution < 1.29 is 4.74 Å². The van der Waals surface area contributed by atoms with Crippen LogP contribution in [0.1, 0.15) is 40.5 Å². The Hall–Kier alpha value is 0.400. The second-order valence-electron chi connectivity index (χ2n) is 5.45. The van der Waals surface area contributed by atoms with Crippen molar-refractivity contribution in [2.45, 2.75) is 58.3 Å². The molecule has 2 atom stereocenters. The second kappa shape index (κ2) is 5.65. The van der Waals surface area contributed by atoms with E-state index in [1.165, 1.54) is 12.8 Å². The fourth-order valence-corrected chi connectivity index (χ4v) is 2.95. The van der Waals surface area contributed by atoms with Gasteiger partial charge in [-0.15, -0.1) is 0 Å². The molecule has 0 amide bonds. The minimum atomic E-state index is 0.0913. The summed E-state index contributed by atoms with van der Waals surface area (Å²) in [5.41, 5.74) is 0.0913. The van der Waals surface area contributed by atoms with Crippen LogP contribution in [0.3, 0.4) is 0 Å². The monoisotopic (exact) mass is 277 g/mol. The molecule has 0 radical (unpaired) electrons. The Morgan fingerprint density at radius 3 is 2.53 bits per heavy atom. The van der Waals surface area contributed by atoms with Gasteiger partial charge in [-0.3, -0.25) is 0 Å². The molecule has 1 rings (SSSR count). The Labute approximate surface area is 102 Å². The highest BCUT2D eigenvalue weighted by Gasteiger charge is 2.31. The van der Waals surface area contributed by atoms with E-state index < -0.39 is 0 Å². The molecule has 0 saturated carbocycles. The predicted octanol–water partition coefficient (Wildman–Crippen LogP) is 2.95. The summed E-state index contributed by atoms with van der Waals surface area (Å²) in [6.07, 6.45) is 2.77. The number of hydrogen-bond donors (Lipinski definition) is 1. The Kier molecular flexibility index (Phi) is 5.07. The number of halogens is 1. The normalized spacial score (nSPS) is 27.2. The van der Waals surface area contributed by atoms with Crippen LogP contribution in [0.5, 0.6) is 0 Å². The number of ether oxygens (including phenoxy) is 1. The zero-order chi connectivity index (χ0) is 11.5. The van der Waals surface area contributed by atoms with Gasteiger partial charge >= 0.3 is 0 Å². The molecule has 1 saturated heterocycles. The summed E-state index contributed by atoms with van der Waals surface area (Å²) < 4.78 is 5.95. The molecule has 1 N–H and O–H groups in total. The van der Waals surface area contributed by atoms with Gasteiger partial charge in [0.1, 0.15) is 0 Å². The molecule has 1 heterocycles. The molecule has 1 aliphatic heterocycles. The van der Waals surface area contributed by atoms with Gasteiger partial charge in [0.2, 0.25) is 0 Å². The molecule has 0 aromatic rings. The van der Waals surface area contributed by atoms with Crippen LogP contribution in [0.15, 0.2) is 0 Å². The highest BCUT2D eigenvalue weighted by Crippen LogP contribution is 2.28. The molecule has 90 valence electrons. The topological polar surface area (TPSA) is 21.3 Å². The van der Waals surface area contributed by atoms with E-state index in [4.69, 9.17) is 4.74 Å². The Morgan fingerprint density at radius 2 is 2.13 bits per heavy atom. The molecule has 0 aliphatic carbocycles. The fourth-order valence-electron chi connectivity index (χ4n) is 1.97. The molecular formula is C12H24BrNO. The van der Waals surface area contributed by atoms with Crippen molar-refractivity contribution in [3.8, 4) is 0 Å². The molecule has 0 aromatic carbocycles. The summed E-state index contributed by atoms with van der Waals surface area (Å²) in [5.74, 6) is 0.666. The summed E-state index contributed by atoms with van der Waals surface area (Å²) in [6.45, 7) is 9.84. The lowest BCUT2D eigenvalue weighted by Gasteiger charge is -2.24. The second-order valence-corrected chi connectivity index (χ2v) is 6.10. The van der Waals surface area contributed by atoms with E-state index in [9.17, 15) is 0 Å². The molecule has 2 unspecified atom stereocenters. The van der Waals surface area contributed by atoms with Crippen molar-refractivity contribution >= 4 is 15.9 Å². The third-order valence-corrected chi connectivity index (χ3v) is 3.83. The van der Waals surface area contributed by atoms with Crippen molar-refractivity contribution in [2.24, 2.45) is 5.92 Å². The quantitative estimate of drug-likeness (QED) is 0.781. The number of alkyl halides is 1. The van der Waals surface area contributed by atoms with Crippen LogP contribution >= 0.6 is 15.9 Å². The van der Waals surface area contributed by atoms with Crippen LogP contribution in [0.4, 0.5) is 0 Å². The first-order valence-corrected chi connectivity index (χ1v) is 7.04. The van der Waals surface area contributed by atoms with E-state index in [0.717, 1.165) is 11.9 Å². The maximum atomic E-state index is 5.95. The lowest BCUT2D eigenvalue weighted by Crippen LogP contribution is -2.40. The molecule has 3 heteroatoms. The van der Waals surface area contributed by atoms with Gasteiger partial charge in [0.15, 0.2) is 0 Å². The minimum absolute atomic E-state index is 0.0913. The summed E-state index contributed by atoms with van der Waals surface area (Å²) in [7, 11) is 0. The maximum absolute atomic E-state index is 5.95. The smallest absolute Gasteiger partial charge is 0.0707 e. The van der Waals surface area contributed by atoms with Gasteiger partial charge in [-0.25, -0.2) is 0 Å². The SMILES string of the molecule is CC(C)C(CBr)NCC1CCC(C)(C)O1. The summed E-state index contributed by atoms with van der Waals surface area (Å²) >= 11 is 3.55. The molecule has 0 aromatic heterocycles. The van der Waals surface area contributed by atoms with Crippen LogP contribution in [0.2, 0.25) is 0 Å². The first-order chi connectivity index (χ1) is 6.94. The van der Waals surface area contributed by atoms with Gasteiger partial charge in [0.05, 0.1) is 11.7 Å². The van der Waals surface area contributed by atoms with E-state index in [1.54, 1.807) is 0 Å². The van der Waals surface area contributed by atoms with E-state index >= 15 is 0 Å². The molecular weight excluding hydrogens is 254 g/mol. The zero-order valence-electron chi connectivity index (χ0n) is 10.3. The van der Waals surface area contributed by atoms with Crippen LogP contribution in [0.25, 0.3) is 0 Å². The number of hydrogen-bond acceptors (Lipinski definition) is 2. The average Bonchev–Trinajstić information content (AvgIpc) is 2.46. The first kappa shape index (κ1) is 13.5.